The molecule has 1 aromatic heterocycles. The lowest BCUT2D eigenvalue weighted by Crippen LogP contribution is -2.46. The molecule has 1 fully saturated rings. The zero-order valence-corrected chi connectivity index (χ0v) is 16.6. The largest absolute Gasteiger partial charge is 0.474 e. The third-order valence-corrected chi connectivity index (χ3v) is 5.51. The van der Waals surface area contributed by atoms with Gasteiger partial charge in [0.2, 0.25) is 0 Å². The number of nitrogens with zero attached hydrogens (tertiary/aromatic N) is 1. The second-order valence-electron chi connectivity index (χ2n) is 6.06. The Hall–Kier alpha value is -1.43. The Morgan fingerprint density at radius 3 is 2.68 bits per heavy atom. The van der Waals surface area contributed by atoms with E-state index >= 15 is 0 Å². The van der Waals surface area contributed by atoms with Gasteiger partial charge in [0.25, 0.3) is 12.1 Å². The van der Waals surface area contributed by atoms with Crippen molar-refractivity contribution in [2.45, 2.75) is 31.0 Å². The van der Waals surface area contributed by atoms with Crippen molar-refractivity contribution >= 4 is 13.7 Å². The molecule has 0 aromatic carbocycles. The number of rotatable bonds is 11. The van der Waals surface area contributed by atoms with E-state index in [9.17, 15) is 19.6 Å². The Morgan fingerprint density at radius 2 is 2.04 bits per heavy atom. The number of aliphatic hydroxyl groups is 2. The Labute approximate surface area is 162 Å². The normalized spacial score (nSPS) is 26.9. The minimum absolute atomic E-state index is 0.0913. The van der Waals surface area contributed by atoms with Gasteiger partial charge in [-0.05, 0) is 12.5 Å². The summed E-state index contributed by atoms with van der Waals surface area (Å²) in [4.78, 5) is 11.3. The van der Waals surface area contributed by atoms with Crippen molar-refractivity contribution in [3.05, 3.63) is 30.1 Å². The molecule has 158 valence electrons. The van der Waals surface area contributed by atoms with Crippen molar-refractivity contribution in [3.63, 3.8) is 0 Å². The molecule has 1 saturated heterocycles. The maximum Gasteiger partial charge on any atom is 0.474 e. The lowest BCUT2D eigenvalue weighted by molar-refractivity contribution is -0.765. The number of carbonyl (C=O) groups is 1. The molecule has 0 aliphatic carbocycles. The number of aromatic nitrogens is 1. The molecule has 2 rings (SSSR count). The first-order valence-electron chi connectivity index (χ1n) is 8.57. The van der Waals surface area contributed by atoms with Crippen LogP contribution in [0.15, 0.2) is 24.5 Å². The number of pyridine rings is 1. The number of primary amides is 1. The molecule has 5 unspecified atom stereocenters. The van der Waals surface area contributed by atoms with E-state index in [2.05, 4.69) is 0 Å². The van der Waals surface area contributed by atoms with E-state index in [0.29, 0.717) is 13.0 Å². The van der Waals surface area contributed by atoms with Gasteiger partial charge in [-0.25, -0.2) is 4.57 Å². The van der Waals surface area contributed by atoms with Crippen LogP contribution in [-0.4, -0.2) is 68.5 Å². The summed E-state index contributed by atoms with van der Waals surface area (Å²) >= 11 is 0. The average molecular weight is 421 g/mol. The molecular weight excluding hydrogens is 395 g/mol. The average Bonchev–Trinajstić information content (AvgIpc) is 2.98. The molecule has 28 heavy (non-hydrogen) atoms. The molecule has 0 bridgehead atoms. The maximum absolute atomic E-state index is 12.4. The molecule has 2 heterocycles. The van der Waals surface area contributed by atoms with Gasteiger partial charge >= 0.3 is 7.82 Å². The molecule has 1 aliphatic rings. The van der Waals surface area contributed by atoms with Gasteiger partial charge in [-0.3, -0.25) is 18.4 Å². The van der Waals surface area contributed by atoms with Crippen LogP contribution in [-0.2, 0) is 27.6 Å². The predicted molar refractivity (Wildman–Crippen MR) is 94.1 cm³/mol. The van der Waals surface area contributed by atoms with Gasteiger partial charge < -0.3 is 25.4 Å². The molecule has 4 N–H and O–H groups in total. The lowest BCUT2D eigenvalue weighted by Gasteiger charge is -2.19. The summed E-state index contributed by atoms with van der Waals surface area (Å²) in [6.45, 7) is 0.165. The highest BCUT2D eigenvalue weighted by atomic mass is 31.2. The maximum atomic E-state index is 12.4. The van der Waals surface area contributed by atoms with Gasteiger partial charge in [-0.1, -0.05) is 0 Å². The van der Waals surface area contributed by atoms with Crippen LogP contribution in [0.2, 0.25) is 0 Å². The number of aliphatic hydroxyl groups excluding tert-OH is 2. The first-order valence-corrected chi connectivity index (χ1v) is 10.0. The van der Waals surface area contributed by atoms with Crippen LogP contribution in [0.4, 0.5) is 0 Å². The highest BCUT2D eigenvalue weighted by Gasteiger charge is 2.49. The van der Waals surface area contributed by atoms with Crippen molar-refractivity contribution in [3.8, 4) is 0 Å². The van der Waals surface area contributed by atoms with Gasteiger partial charge in [0.15, 0.2) is 18.5 Å². The monoisotopic (exact) mass is 421 g/mol. The lowest BCUT2D eigenvalue weighted by atomic mass is 10.1. The first kappa shape index (κ1) is 22.9. The summed E-state index contributed by atoms with van der Waals surface area (Å²) < 4.78 is 39.4. The Morgan fingerprint density at radius 1 is 1.29 bits per heavy atom. The molecule has 1 aromatic rings. The first-order chi connectivity index (χ1) is 13.3. The number of hydrogen-bond donors (Lipinski definition) is 3. The smallest absolute Gasteiger partial charge is 0.387 e. The van der Waals surface area contributed by atoms with Gasteiger partial charge in [-0.2, -0.15) is 4.57 Å². The second kappa shape index (κ2) is 10.4. The van der Waals surface area contributed by atoms with Crippen LogP contribution in [0.5, 0.6) is 0 Å². The van der Waals surface area contributed by atoms with E-state index in [0.717, 1.165) is 0 Å². The van der Waals surface area contributed by atoms with Crippen LogP contribution in [0.25, 0.3) is 0 Å². The number of phosphoric acid groups is 1. The molecule has 11 nitrogen and oxygen atoms in total. The summed E-state index contributed by atoms with van der Waals surface area (Å²) in [5.41, 5.74) is 5.46. The molecule has 1 amide bonds. The van der Waals surface area contributed by atoms with E-state index in [1.54, 1.807) is 12.3 Å². The Balaban J connectivity index is 1.99. The van der Waals surface area contributed by atoms with Gasteiger partial charge in [0.05, 0.1) is 13.2 Å². The fourth-order valence-corrected chi connectivity index (χ4v) is 3.56. The third-order valence-electron chi connectivity index (χ3n) is 4.10. The number of amides is 1. The number of hydrogen-bond acceptors (Lipinski definition) is 9. The number of nitrogens with two attached hydrogens (primary N) is 1. The van der Waals surface area contributed by atoms with E-state index in [-0.39, 0.29) is 18.8 Å². The Kier molecular flexibility index (Phi) is 8.47. The third kappa shape index (κ3) is 5.79. The summed E-state index contributed by atoms with van der Waals surface area (Å²) in [5, 5.41) is 20.5. The van der Waals surface area contributed by atoms with Crippen LogP contribution in [0.3, 0.4) is 0 Å². The number of ether oxygens (including phenoxy) is 2. The highest BCUT2D eigenvalue weighted by molar-refractivity contribution is 7.48. The predicted octanol–water partition coefficient (Wildman–Crippen LogP) is -0.484. The number of phosphoric ester groups is 1. The number of carbonyl (C=O) groups excluding carboxylic acids is 1. The highest BCUT2D eigenvalue weighted by Crippen LogP contribution is 2.49. The summed E-state index contributed by atoms with van der Waals surface area (Å²) in [6, 6.07) is 3.06. The fourth-order valence-electron chi connectivity index (χ4n) is 2.60. The summed E-state index contributed by atoms with van der Waals surface area (Å²) in [6.07, 6.45) is -1.20. The van der Waals surface area contributed by atoms with E-state index in [1.165, 1.54) is 31.0 Å². The van der Waals surface area contributed by atoms with Crippen molar-refractivity contribution in [2.75, 3.05) is 34.0 Å². The molecule has 0 saturated carbocycles. The summed E-state index contributed by atoms with van der Waals surface area (Å²) in [7, 11) is -1.14. The van der Waals surface area contributed by atoms with Crippen molar-refractivity contribution < 1.29 is 47.2 Å². The van der Waals surface area contributed by atoms with Crippen LogP contribution in [0.1, 0.15) is 23.0 Å². The molecule has 0 spiro atoms. The van der Waals surface area contributed by atoms with Crippen molar-refractivity contribution in [2.24, 2.45) is 5.73 Å². The van der Waals surface area contributed by atoms with Gasteiger partial charge in [0.1, 0.15) is 17.8 Å². The SMILES string of the molecule is COCCCOP(=O)(OC)OCC1OC([n+]2cccc(C(N)=O)c2)C(O)C1O. The minimum Gasteiger partial charge on any atom is -0.387 e. The summed E-state index contributed by atoms with van der Waals surface area (Å²) in [5.74, 6) is -0.645. The van der Waals surface area contributed by atoms with E-state index in [4.69, 9.17) is 28.8 Å². The van der Waals surface area contributed by atoms with Crippen LogP contribution in [0, 0.1) is 0 Å². The molecule has 5 atom stereocenters. The van der Waals surface area contributed by atoms with Crippen molar-refractivity contribution in [1.29, 1.82) is 0 Å². The van der Waals surface area contributed by atoms with Crippen molar-refractivity contribution in [1.82, 2.24) is 0 Å². The fraction of sp³-hybridized carbons (Fsp3) is 0.625. The second-order valence-corrected chi connectivity index (χ2v) is 7.83. The molecule has 0 radical (unpaired) electrons. The van der Waals surface area contributed by atoms with E-state index < -0.39 is 38.3 Å². The minimum atomic E-state index is -3.85. The zero-order chi connectivity index (χ0) is 20.7. The quantitative estimate of drug-likeness (QED) is 0.244. The standard InChI is InChI=1S/C16H25N2O9P/c1-23-7-4-8-25-28(22,24-2)26-10-12-13(19)14(20)16(27-12)18-6-3-5-11(9-18)15(17)21/h3,5-6,9,12-14,16,19-20H,4,7-8,10H2,1-2H3,(H-,17,21)/p+1. The van der Waals surface area contributed by atoms with Crippen LogP contribution < -0.4 is 10.3 Å². The number of methoxy groups -OCH3 is 1. The molecule has 12 heteroatoms. The van der Waals surface area contributed by atoms with Gasteiger partial charge in [-0.15, -0.1) is 0 Å². The molecule has 1 aliphatic heterocycles. The van der Waals surface area contributed by atoms with Crippen LogP contribution >= 0.6 is 7.82 Å². The van der Waals surface area contributed by atoms with E-state index in [1.807, 2.05) is 0 Å². The zero-order valence-electron chi connectivity index (χ0n) is 15.7. The Bertz CT molecular complexity index is 704. The topological polar surface area (TPSA) is 151 Å². The molecular formula is C16H26N2O9P+. The van der Waals surface area contributed by atoms with Gasteiger partial charge in [0, 0.05) is 26.9 Å².